The number of methoxy groups -OCH3 is 1. The van der Waals surface area contributed by atoms with Crippen LogP contribution in [-0.4, -0.2) is 50.0 Å². The summed E-state index contributed by atoms with van der Waals surface area (Å²) in [6.45, 7) is 2.40. The van der Waals surface area contributed by atoms with Gasteiger partial charge in [-0.2, -0.15) is 0 Å². The molecule has 2 aliphatic heterocycles. The number of hydrogen-bond acceptors (Lipinski definition) is 4. The summed E-state index contributed by atoms with van der Waals surface area (Å²) in [6, 6.07) is 10.3. The lowest BCUT2D eigenvalue weighted by molar-refractivity contribution is 0.0687. The Morgan fingerprint density at radius 3 is 2.77 bits per heavy atom. The van der Waals surface area contributed by atoms with Crippen molar-refractivity contribution in [3.63, 3.8) is 0 Å². The molecule has 0 spiro atoms. The Hall–Kier alpha value is -1.85. The van der Waals surface area contributed by atoms with E-state index >= 15 is 0 Å². The van der Waals surface area contributed by atoms with Gasteiger partial charge in [-0.05, 0) is 37.7 Å². The molecular formula is C21H29NO4. The van der Waals surface area contributed by atoms with E-state index < -0.39 is 0 Å². The van der Waals surface area contributed by atoms with Gasteiger partial charge >= 0.3 is 6.09 Å². The van der Waals surface area contributed by atoms with Crippen molar-refractivity contribution in [3.8, 4) is 0 Å². The molecule has 0 aromatic heterocycles. The number of ether oxygens (including phenoxy) is 3. The molecule has 1 amide bonds. The normalized spacial score (nSPS) is 21.6. The van der Waals surface area contributed by atoms with Gasteiger partial charge in [0.2, 0.25) is 0 Å². The van der Waals surface area contributed by atoms with Gasteiger partial charge in [0.15, 0.2) is 0 Å². The minimum atomic E-state index is -0.181. The van der Waals surface area contributed by atoms with Gasteiger partial charge < -0.3 is 14.2 Å². The summed E-state index contributed by atoms with van der Waals surface area (Å²) in [4.78, 5) is 14.5. The maximum absolute atomic E-state index is 12.5. The Morgan fingerprint density at radius 2 is 2.00 bits per heavy atom. The topological polar surface area (TPSA) is 48.0 Å². The van der Waals surface area contributed by atoms with Crippen LogP contribution in [0.1, 0.15) is 37.7 Å². The largest absolute Gasteiger partial charge is 0.445 e. The van der Waals surface area contributed by atoms with Crippen LogP contribution in [0.5, 0.6) is 0 Å². The molecule has 0 saturated carbocycles. The fraction of sp³-hybridized carbons (Fsp3) is 0.571. The number of hydrogen-bond donors (Lipinski definition) is 0. The van der Waals surface area contributed by atoms with E-state index in [4.69, 9.17) is 14.2 Å². The van der Waals surface area contributed by atoms with Gasteiger partial charge in [0.1, 0.15) is 6.61 Å². The molecule has 2 atom stereocenters. The zero-order chi connectivity index (χ0) is 18.2. The molecule has 0 aliphatic carbocycles. The SMILES string of the molecule is COCCOCCCC1=CC2CCC(C1)N2C(=O)OCc1ccccc1. The summed E-state index contributed by atoms with van der Waals surface area (Å²) in [6.07, 6.45) is 7.24. The van der Waals surface area contributed by atoms with E-state index in [0.717, 1.165) is 44.3 Å². The smallest absolute Gasteiger partial charge is 0.410 e. The van der Waals surface area contributed by atoms with Crippen molar-refractivity contribution >= 4 is 6.09 Å². The second-order valence-electron chi connectivity index (χ2n) is 6.98. The van der Waals surface area contributed by atoms with Crippen LogP contribution in [-0.2, 0) is 20.8 Å². The van der Waals surface area contributed by atoms with Gasteiger partial charge in [-0.25, -0.2) is 4.79 Å². The molecule has 1 fully saturated rings. The van der Waals surface area contributed by atoms with Crippen molar-refractivity contribution in [1.82, 2.24) is 4.90 Å². The molecule has 1 aromatic carbocycles. The average molecular weight is 359 g/mol. The van der Waals surface area contributed by atoms with Crippen LogP contribution in [0.2, 0.25) is 0 Å². The zero-order valence-corrected chi connectivity index (χ0v) is 15.6. The molecule has 3 rings (SSSR count). The summed E-state index contributed by atoms with van der Waals surface area (Å²) >= 11 is 0. The Bertz CT molecular complexity index is 601. The zero-order valence-electron chi connectivity index (χ0n) is 15.6. The first-order chi connectivity index (χ1) is 12.8. The summed E-state index contributed by atoms with van der Waals surface area (Å²) < 4.78 is 16.0. The van der Waals surface area contributed by atoms with Crippen molar-refractivity contribution in [2.75, 3.05) is 26.9 Å². The van der Waals surface area contributed by atoms with E-state index in [-0.39, 0.29) is 18.2 Å². The summed E-state index contributed by atoms with van der Waals surface area (Å²) in [5.74, 6) is 0. The van der Waals surface area contributed by atoms with Crippen molar-refractivity contribution in [2.45, 2.75) is 50.8 Å². The van der Waals surface area contributed by atoms with Gasteiger partial charge in [-0.1, -0.05) is 42.0 Å². The highest BCUT2D eigenvalue weighted by Crippen LogP contribution is 2.36. The van der Waals surface area contributed by atoms with Crippen molar-refractivity contribution in [2.24, 2.45) is 0 Å². The van der Waals surface area contributed by atoms with Gasteiger partial charge in [0.25, 0.3) is 0 Å². The van der Waals surface area contributed by atoms with E-state index in [1.54, 1.807) is 7.11 Å². The molecule has 2 aliphatic rings. The van der Waals surface area contributed by atoms with Gasteiger partial charge in [0, 0.05) is 19.8 Å². The van der Waals surface area contributed by atoms with E-state index in [0.29, 0.717) is 19.8 Å². The molecule has 26 heavy (non-hydrogen) atoms. The van der Waals surface area contributed by atoms with Crippen LogP contribution in [0.15, 0.2) is 42.0 Å². The number of fused-ring (bicyclic) bond motifs is 2. The fourth-order valence-electron chi connectivity index (χ4n) is 3.83. The average Bonchev–Trinajstić information content (AvgIpc) is 2.94. The molecule has 1 aromatic rings. The summed E-state index contributed by atoms with van der Waals surface area (Å²) in [5.41, 5.74) is 2.48. The lowest BCUT2D eigenvalue weighted by Gasteiger charge is -2.33. The molecule has 142 valence electrons. The molecule has 5 heteroatoms. The molecule has 2 unspecified atom stereocenters. The standard InChI is InChI=1S/C21H29NO4/c1-24-12-13-25-11-5-8-18-14-19-9-10-20(15-18)22(19)21(23)26-16-17-6-3-2-4-7-17/h2-4,6-7,14,19-20H,5,8-13,15-16H2,1H3. The monoisotopic (exact) mass is 359 g/mol. The van der Waals surface area contributed by atoms with Crippen LogP contribution in [0.25, 0.3) is 0 Å². The predicted octanol–water partition coefficient (Wildman–Crippen LogP) is 3.93. The Morgan fingerprint density at radius 1 is 1.15 bits per heavy atom. The Labute approximate surface area is 155 Å². The number of carbonyl (C=O) groups excluding carboxylic acids is 1. The van der Waals surface area contributed by atoms with Crippen LogP contribution in [0, 0.1) is 0 Å². The molecule has 5 nitrogen and oxygen atoms in total. The first-order valence-electron chi connectivity index (χ1n) is 9.53. The maximum atomic E-state index is 12.5. The first-order valence-corrected chi connectivity index (χ1v) is 9.53. The number of nitrogens with zero attached hydrogens (tertiary/aromatic N) is 1. The molecule has 2 heterocycles. The molecule has 2 bridgehead atoms. The second kappa shape index (κ2) is 9.74. The first kappa shape index (κ1) is 18.9. The highest BCUT2D eigenvalue weighted by Gasteiger charge is 2.40. The third-order valence-electron chi connectivity index (χ3n) is 5.11. The molecule has 1 saturated heterocycles. The minimum absolute atomic E-state index is 0.181. The van der Waals surface area contributed by atoms with Crippen LogP contribution >= 0.6 is 0 Å². The molecule has 0 N–H and O–H groups in total. The van der Waals surface area contributed by atoms with Gasteiger partial charge in [-0.15, -0.1) is 0 Å². The van der Waals surface area contributed by atoms with E-state index in [1.165, 1.54) is 5.57 Å². The number of carbonyl (C=O) groups is 1. The lowest BCUT2D eigenvalue weighted by atomic mass is 9.98. The van der Waals surface area contributed by atoms with Crippen LogP contribution in [0.4, 0.5) is 4.79 Å². The quantitative estimate of drug-likeness (QED) is 0.495. The minimum Gasteiger partial charge on any atom is -0.445 e. The third kappa shape index (κ3) is 5.08. The number of rotatable bonds is 9. The highest BCUT2D eigenvalue weighted by molar-refractivity contribution is 5.70. The molecular weight excluding hydrogens is 330 g/mol. The Kier molecular flexibility index (Phi) is 7.09. The van der Waals surface area contributed by atoms with Crippen molar-refractivity contribution in [1.29, 1.82) is 0 Å². The number of benzene rings is 1. The predicted molar refractivity (Wildman–Crippen MR) is 99.9 cm³/mol. The van der Waals surface area contributed by atoms with E-state index in [2.05, 4.69) is 6.08 Å². The third-order valence-corrected chi connectivity index (χ3v) is 5.11. The van der Waals surface area contributed by atoms with E-state index in [9.17, 15) is 4.79 Å². The number of amides is 1. The Balaban J connectivity index is 1.44. The fourth-order valence-corrected chi connectivity index (χ4v) is 3.83. The maximum Gasteiger partial charge on any atom is 0.410 e. The van der Waals surface area contributed by atoms with Gasteiger partial charge in [0.05, 0.1) is 19.3 Å². The van der Waals surface area contributed by atoms with Crippen molar-refractivity contribution in [3.05, 3.63) is 47.5 Å². The van der Waals surface area contributed by atoms with Crippen LogP contribution in [0.3, 0.4) is 0 Å². The lowest BCUT2D eigenvalue weighted by Crippen LogP contribution is -2.43. The summed E-state index contributed by atoms with van der Waals surface area (Å²) in [5, 5.41) is 0. The highest BCUT2D eigenvalue weighted by atomic mass is 16.6. The second-order valence-corrected chi connectivity index (χ2v) is 6.98. The van der Waals surface area contributed by atoms with Gasteiger partial charge in [-0.3, -0.25) is 4.90 Å². The van der Waals surface area contributed by atoms with E-state index in [1.807, 2.05) is 35.2 Å². The van der Waals surface area contributed by atoms with Crippen LogP contribution < -0.4 is 0 Å². The summed E-state index contributed by atoms with van der Waals surface area (Å²) in [7, 11) is 1.68. The van der Waals surface area contributed by atoms with Crippen molar-refractivity contribution < 1.29 is 19.0 Å². The molecule has 0 radical (unpaired) electrons.